The second-order valence-corrected chi connectivity index (χ2v) is 9.78. The third-order valence-corrected chi connectivity index (χ3v) is 7.58. The van der Waals surface area contributed by atoms with E-state index in [4.69, 9.17) is 10.7 Å². The van der Waals surface area contributed by atoms with Gasteiger partial charge in [-0.25, -0.2) is 4.39 Å². The van der Waals surface area contributed by atoms with Gasteiger partial charge < -0.3 is 10.6 Å². The van der Waals surface area contributed by atoms with E-state index >= 15 is 0 Å². The van der Waals surface area contributed by atoms with Crippen LogP contribution in [0.4, 0.5) is 4.39 Å². The molecule has 2 heterocycles. The number of pyridine rings is 1. The Bertz CT molecular complexity index is 1250. The van der Waals surface area contributed by atoms with Crippen molar-refractivity contribution in [3.63, 3.8) is 0 Å². The largest absolute Gasteiger partial charge is 0.366 e. The minimum Gasteiger partial charge on any atom is -0.366 e. The highest BCUT2D eigenvalue weighted by Gasteiger charge is 2.46. The van der Waals surface area contributed by atoms with Gasteiger partial charge in [0.15, 0.2) is 0 Å². The molecule has 2 aliphatic rings. The van der Waals surface area contributed by atoms with E-state index in [1.807, 2.05) is 35.2 Å². The van der Waals surface area contributed by atoms with Crippen LogP contribution >= 0.6 is 0 Å². The van der Waals surface area contributed by atoms with Crippen LogP contribution in [0.15, 0.2) is 66.7 Å². The summed E-state index contributed by atoms with van der Waals surface area (Å²) in [7, 11) is 0. The van der Waals surface area contributed by atoms with Crippen LogP contribution in [-0.4, -0.2) is 34.8 Å². The third-order valence-electron chi connectivity index (χ3n) is 7.58. The van der Waals surface area contributed by atoms with E-state index in [0.29, 0.717) is 18.7 Å². The number of aromatic nitrogens is 1. The van der Waals surface area contributed by atoms with Crippen molar-refractivity contribution < 1.29 is 14.0 Å². The quantitative estimate of drug-likeness (QED) is 0.555. The minimum absolute atomic E-state index is 0.121. The normalized spacial score (nSPS) is 19.5. The number of nitrogens with zero attached hydrogens (tertiary/aromatic N) is 2. The summed E-state index contributed by atoms with van der Waals surface area (Å²) in [4.78, 5) is 32.4. The average Bonchev–Trinajstić information content (AvgIpc) is 3.40. The van der Waals surface area contributed by atoms with Crippen LogP contribution in [0.3, 0.4) is 0 Å². The smallest absolute Gasteiger partial charge is 0.248 e. The zero-order valence-corrected chi connectivity index (χ0v) is 19.8. The van der Waals surface area contributed by atoms with Gasteiger partial charge in [-0.1, -0.05) is 43.2 Å². The first kappa shape index (κ1) is 23.2. The van der Waals surface area contributed by atoms with E-state index in [1.54, 1.807) is 24.3 Å². The first-order chi connectivity index (χ1) is 17.0. The molecular weight excluding hydrogens is 441 g/mol. The summed E-state index contributed by atoms with van der Waals surface area (Å²) in [5.74, 6) is -0.517. The Hall–Kier alpha value is -3.54. The van der Waals surface area contributed by atoms with Crippen molar-refractivity contribution in [2.24, 2.45) is 5.73 Å². The topological polar surface area (TPSA) is 76.3 Å². The monoisotopic (exact) mass is 471 g/mol. The van der Waals surface area contributed by atoms with Crippen molar-refractivity contribution in [2.75, 3.05) is 13.1 Å². The Morgan fingerprint density at radius 2 is 1.74 bits per heavy atom. The highest BCUT2D eigenvalue weighted by atomic mass is 19.1. The lowest BCUT2D eigenvalue weighted by atomic mass is 9.76. The SMILES string of the molecule is NC(=O)c1cccc(-c2cccc(C3CCCN(C(=O)C4(c5cccc(F)c5)CCCC4)C3)n2)c1. The van der Waals surface area contributed by atoms with Gasteiger partial charge in [-0.2, -0.15) is 0 Å². The van der Waals surface area contributed by atoms with E-state index in [-0.39, 0.29) is 17.6 Å². The number of likely N-dealkylation sites (tertiary alicyclic amines) is 1. The lowest BCUT2D eigenvalue weighted by Gasteiger charge is -2.39. The summed E-state index contributed by atoms with van der Waals surface area (Å²) in [6, 6.07) is 19.7. The lowest BCUT2D eigenvalue weighted by Crippen LogP contribution is -2.49. The van der Waals surface area contributed by atoms with Crippen LogP contribution in [0.25, 0.3) is 11.3 Å². The Balaban J connectivity index is 1.39. The van der Waals surface area contributed by atoms with Gasteiger partial charge in [-0.15, -0.1) is 0 Å². The molecule has 1 unspecified atom stereocenters. The van der Waals surface area contributed by atoms with Crippen molar-refractivity contribution >= 4 is 11.8 Å². The molecule has 1 aliphatic carbocycles. The third kappa shape index (κ3) is 4.57. The summed E-state index contributed by atoms with van der Waals surface area (Å²) in [6.07, 6.45) is 5.34. The standard InChI is InChI=1S/C29H30FN3O2/c30-24-11-4-10-23(18-24)29(14-1-2-15-29)28(35)33-16-6-9-22(19-33)26-13-5-12-25(32-26)20-7-3-8-21(17-20)27(31)34/h3-5,7-8,10-13,17-18,22H,1-2,6,9,14-16,19H2,(H2,31,34). The lowest BCUT2D eigenvalue weighted by molar-refractivity contribution is -0.138. The first-order valence-electron chi connectivity index (χ1n) is 12.4. The molecule has 0 radical (unpaired) electrons. The molecule has 2 fully saturated rings. The van der Waals surface area contributed by atoms with Gasteiger partial charge in [-0.05, 0) is 67.6 Å². The predicted octanol–water partition coefficient (Wildman–Crippen LogP) is 5.20. The fourth-order valence-corrected chi connectivity index (χ4v) is 5.77. The molecule has 180 valence electrons. The summed E-state index contributed by atoms with van der Waals surface area (Å²) in [5, 5.41) is 0. The molecule has 6 heteroatoms. The number of rotatable bonds is 5. The van der Waals surface area contributed by atoms with Crippen LogP contribution in [-0.2, 0) is 10.2 Å². The number of piperidine rings is 1. The number of amides is 2. The molecule has 1 atom stereocenters. The Kier molecular flexibility index (Phi) is 6.37. The molecule has 0 spiro atoms. The first-order valence-corrected chi connectivity index (χ1v) is 12.4. The fraction of sp³-hybridized carbons (Fsp3) is 0.345. The van der Waals surface area contributed by atoms with Crippen LogP contribution < -0.4 is 5.73 Å². The Labute approximate surface area is 205 Å². The van der Waals surface area contributed by atoms with Crippen LogP contribution in [0, 0.1) is 5.82 Å². The minimum atomic E-state index is -0.630. The molecule has 1 saturated carbocycles. The fourth-order valence-electron chi connectivity index (χ4n) is 5.77. The maximum absolute atomic E-state index is 14.1. The Morgan fingerprint density at radius 3 is 2.51 bits per heavy atom. The van der Waals surface area contributed by atoms with Gasteiger partial charge >= 0.3 is 0 Å². The molecule has 0 bridgehead atoms. The predicted molar refractivity (Wildman–Crippen MR) is 133 cm³/mol. The van der Waals surface area contributed by atoms with Gasteiger partial charge in [0.25, 0.3) is 0 Å². The molecule has 5 rings (SSSR count). The molecule has 35 heavy (non-hydrogen) atoms. The number of hydrogen-bond acceptors (Lipinski definition) is 3. The number of hydrogen-bond donors (Lipinski definition) is 1. The van der Waals surface area contributed by atoms with Gasteiger partial charge in [0.2, 0.25) is 11.8 Å². The highest BCUT2D eigenvalue weighted by Crippen LogP contribution is 2.44. The van der Waals surface area contributed by atoms with Crippen LogP contribution in [0.2, 0.25) is 0 Å². The second kappa shape index (κ2) is 9.61. The summed E-state index contributed by atoms with van der Waals surface area (Å²) < 4.78 is 14.1. The Morgan fingerprint density at radius 1 is 0.971 bits per heavy atom. The highest BCUT2D eigenvalue weighted by molar-refractivity contribution is 5.94. The van der Waals surface area contributed by atoms with Crippen molar-refractivity contribution in [3.8, 4) is 11.3 Å². The number of primary amides is 1. The molecule has 2 aromatic carbocycles. The molecule has 2 amide bonds. The van der Waals surface area contributed by atoms with Gasteiger partial charge in [0.05, 0.1) is 11.1 Å². The van der Waals surface area contributed by atoms with E-state index in [0.717, 1.165) is 61.0 Å². The summed E-state index contributed by atoms with van der Waals surface area (Å²) in [5.41, 5.74) is 8.62. The summed E-state index contributed by atoms with van der Waals surface area (Å²) >= 11 is 0. The van der Waals surface area contributed by atoms with E-state index in [1.165, 1.54) is 12.1 Å². The maximum Gasteiger partial charge on any atom is 0.248 e. The number of benzene rings is 2. The molecule has 1 aromatic heterocycles. The van der Waals surface area contributed by atoms with Crippen molar-refractivity contribution in [1.29, 1.82) is 0 Å². The maximum atomic E-state index is 14.1. The number of carbonyl (C=O) groups is 2. The van der Waals surface area contributed by atoms with Crippen molar-refractivity contribution in [3.05, 3.63) is 89.4 Å². The molecule has 5 nitrogen and oxygen atoms in total. The molecule has 3 aromatic rings. The number of carbonyl (C=O) groups excluding carboxylic acids is 2. The van der Waals surface area contributed by atoms with E-state index in [2.05, 4.69) is 0 Å². The molecule has 1 saturated heterocycles. The zero-order valence-electron chi connectivity index (χ0n) is 19.8. The van der Waals surface area contributed by atoms with Gasteiger partial charge in [-0.3, -0.25) is 14.6 Å². The van der Waals surface area contributed by atoms with E-state index in [9.17, 15) is 14.0 Å². The average molecular weight is 472 g/mol. The van der Waals surface area contributed by atoms with Gasteiger partial charge in [0, 0.05) is 35.8 Å². The van der Waals surface area contributed by atoms with Crippen molar-refractivity contribution in [1.82, 2.24) is 9.88 Å². The summed E-state index contributed by atoms with van der Waals surface area (Å²) in [6.45, 7) is 1.32. The van der Waals surface area contributed by atoms with Crippen LogP contribution in [0.1, 0.15) is 66.1 Å². The molecule has 2 N–H and O–H groups in total. The molecule has 1 aliphatic heterocycles. The van der Waals surface area contributed by atoms with Crippen molar-refractivity contribution in [2.45, 2.75) is 49.9 Å². The molecular formula is C29H30FN3O2. The second-order valence-electron chi connectivity index (χ2n) is 9.78. The zero-order chi connectivity index (χ0) is 24.4. The van der Waals surface area contributed by atoms with Gasteiger partial charge in [0.1, 0.15) is 5.82 Å². The number of nitrogens with two attached hydrogens (primary N) is 1. The number of halogens is 1. The van der Waals surface area contributed by atoms with Crippen LogP contribution in [0.5, 0.6) is 0 Å². The van der Waals surface area contributed by atoms with E-state index < -0.39 is 11.3 Å².